The van der Waals surface area contributed by atoms with Crippen molar-refractivity contribution in [1.29, 1.82) is 0 Å². The molecule has 0 bridgehead atoms. The fourth-order valence-electron chi connectivity index (χ4n) is 4.21. The molecule has 0 radical (unpaired) electrons. The fraction of sp³-hybridized carbons (Fsp3) is 0.360. The van der Waals surface area contributed by atoms with Crippen LogP contribution in [0.15, 0.2) is 64.8 Å². The predicted octanol–water partition coefficient (Wildman–Crippen LogP) is 3.49. The number of hydrogen-bond donors (Lipinski definition) is 1. The third-order valence-electron chi connectivity index (χ3n) is 5.91. The number of allylic oxidation sites excluding steroid dienone is 3. The lowest BCUT2D eigenvalue weighted by Gasteiger charge is -2.34. The predicted molar refractivity (Wildman–Crippen MR) is 120 cm³/mol. The van der Waals surface area contributed by atoms with Gasteiger partial charge in [0.1, 0.15) is 0 Å². The number of hydrogen-bond acceptors (Lipinski definition) is 3. The van der Waals surface area contributed by atoms with E-state index in [1.54, 1.807) is 17.1 Å². The van der Waals surface area contributed by atoms with E-state index in [0.717, 1.165) is 22.5 Å². The van der Waals surface area contributed by atoms with Gasteiger partial charge in [-0.1, -0.05) is 44.5 Å². The number of carbonyl (C=O) groups excluding carboxylic acids is 3. The molecule has 0 saturated carbocycles. The summed E-state index contributed by atoms with van der Waals surface area (Å²) in [4.78, 5) is 43.3. The van der Waals surface area contributed by atoms with E-state index in [-0.39, 0.29) is 35.5 Å². The molecule has 1 aliphatic carbocycles. The van der Waals surface area contributed by atoms with Crippen molar-refractivity contribution in [1.82, 2.24) is 5.32 Å². The second kappa shape index (κ2) is 7.76. The summed E-state index contributed by atoms with van der Waals surface area (Å²) in [6, 6.07) is 7.69. The maximum Gasteiger partial charge on any atom is 0.251 e. The number of fused-ring (bicyclic) bond motifs is 1. The first-order valence-corrected chi connectivity index (χ1v) is 10.5. The van der Waals surface area contributed by atoms with Crippen molar-refractivity contribution in [3.8, 4) is 0 Å². The monoisotopic (exact) mass is 417 g/mol. The summed E-state index contributed by atoms with van der Waals surface area (Å²) < 4.78 is 0. The molecule has 2 heterocycles. The molecule has 3 amide bonds. The molecule has 31 heavy (non-hydrogen) atoms. The van der Waals surface area contributed by atoms with E-state index in [2.05, 4.69) is 31.1 Å². The highest BCUT2D eigenvalue weighted by atomic mass is 16.2. The van der Waals surface area contributed by atoms with Crippen LogP contribution in [0.25, 0.3) is 0 Å². The van der Waals surface area contributed by atoms with Gasteiger partial charge in [0.25, 0.3) is 5.91 Å². The number of amides is 3. The van der Waals surface area contributed by atoms with Crippen LogP contribution in [0.3, 0.4) is 0 Å². The molecule has 160 valence electrons. The molecule has 2 unspecified atom stereocenters. The van der Waals surface area contributed by atoms with E-state index in [0.29, 0.717) is 12.3 Å². The number of anilines is 1. The minimum Gasteiger partial charge on any atom is -0.325 e. The maximum atomic E-state index is 12.8. The third kappa shape index (κ3) is 4.29. The molecule has 1 fully saturated rings. The van der Waals surface area contributed by atoms with E-state index in [1.165, 1.54) is 0 Å². The van der Waals surface area contributed by atoms with Gasteiger partial charge in [-0.3, -0.25) is 14.4 Å². The number of nitrogens with zero attached hydrogens (tertiary/aromatic N) is 2. The first-order chi connectivity index (χ1) is 14.6. The number of nitrogens with one attached hydrogen (secondary N) is 1. The lowest BCUT2D eigenvalue weighted by Crippen LogP contribution is -2.36. The van der Waals surface area contributed by atoms with E-state index in [4.69, 9.17) is 0 Å². The highest BCUT2D eigenvalue weighted by Crippen LogP contribution is 2.38. The van der Waals surface area contributed by atoms with Gasteiger partial charge in [-0.05, 0) is 42.2 Å². The van der Waals surface area contributed by atoms with Gasteiger partial charge in [-0.25, -0.2) is 4.99 Å². The molecule has 3 aliphatic rings. The molecule has 0 spiro atoms. The van der Waals surface area contributed by atoms with E-state index >= 15 is 0 Å². The van der Waals surface area contributed by atoms with Crippen LogP contribution in [-0.4, -0.2) is 30.0 Å². The van der Waals surface area contributed by atoms with E-state index in [9.17, 15) is 14.4 Å². The van der Waals surface area contributed by atoms with Crippen molar-refractivity contribution < 1.29 is 14.4 Å². The summed E-state index contributed by atoms with van der Waals surface area (Å²) in [5.41, 5.74) is 4.01. The molecule has 0 aromatic heterocycles. The molecular formula is C25H27N3O3. The minimum atomic E-state index is -0.475. The largest absolute Gasteiger partial charge is 0.325 e. The Labute approximate surface area is 182 Å². The maximum absolute atomic E-state index is 12.8. The first-order valence-electron chi connectivity index (χ1n) is 10.5. The van der Waals surface area contributed by atoms with E-state index in [1.807, 2.05) is 43.3 Å². The molecule has 6 heteroatoms. The van der Waals surface area contributed by atoms with Crippen molar-refractivity contribution in [2.45, 2.75) is 34.1 Å². The van der Waals surface area contributed by atoms with Gasteiger partial charge in [0.15, 0.2) is 0 Å². The van der Waals surface area contributed by atoms with Gasteiger partial charge in [-0.2, -0.15) is 0 Å². The normalized spacial score (nSPS) is 24.6. The molecule has 2 atom stereocenters. The summed E-state index contributed by atoms with van der Waals surface area (Å²) in [5.74, 6) is -1.05. The molecule has 1 N–H and O–H groups in total. The van der Waals surface area contributed by atoms with Crippen LogP contribution in [0.2, 0.25) is 0 Å². The van der Waals surface area contributed by atoms with Crippen LogP contribution in [0.5, 0.6) is 0 Å². The van der Waals surface area contributed by atoms with Gasteiger partial charge in [0, 0.05) is 36.3 Å². The lowest BCUT2D eigenvalue weighted by atomic mass is 9.74. The van der Waals surface area contributed by atoms with Gasteiger partial charge < -0.3 is 10.2 Å². The van der Waals surface area contributed by atoms with Crippen LogP contribution in [0.1, 0.15) is 32.8 Å². The van der Waals surface area contributed by atoms with E-state index < -0.39 is 5.92 Å². The second-order valence-corrected chi connectivity index (χ2v) is 9.39. The zero-order valence-corrected chi connectivity index (χ0v) is 18.3. The van der Waals surface area contributed by atoms with Crippen LogP contribution in [0.4, 0.5) is 5.69 Å². The van der Waals surface area contributed by atoms with Crippen molar-refractivity contribution in [3.05, 3.63) is 65.4 Å². The Balaban J connectivity index is 1.51. The Morgan fingerprint density at radius 3 is 2.52 bits per heavy atom. The Morgan fingerprint density at radius 2 is 1.84 bits per heavy atom. The second-order valence-electron chi connectivity index (χ2n) is 9.39. The lowest BCUT2D eigenvalue weighted by molar-refractivity contribution is -0.123. The van der Waals surface area contributed by atoms with Crippen molar-refractivity contribution in [3.63, 3.8) is 0 Å². The van der Waals surface area contributed by atoms with Gasteiger partial charge in [-0.15, -0.1) is 0 Å². The van der Waals surface area contributed by atoms with Crippen molar-refractivity contribution in [2.24, 2.45) is 22.2 Å². The molecular weight excluding hydrogens is 390 g/mol. The SMILES string of the molecule is Cc1ccc(N2CC(C(=O)N=C3C=CC4C(=C3)NC(=O)C=C4C(C)(C)C)CC2=O)cc1. The smallest absolute Gasteiger partial charge is 0.251 e. The van der Waals surface area contributed by atoms with Crippen LogP contribution >= 0.6 is 0 Å². The molecule has 4 rings (SSSR count). The highest BCUT2D eigenvalue weighted by molar-refractivity contribution is 6.12. The number of rotatable bonds is 2. The van der Waals surface area contributed by atoms with Crippen LogP contribution in [-0.2, 0) is 14.4 Å². The number of carbonyl (C=O) groups is 3. The van der Waals surface area contributed by atoms with Gasteiger partial charge >= 0.3 is 0 Å². The number of aliphatic imine (C=N–C) groups is 1. The average molecular weight is 418 g/mol. The minimum absolute atomic E-state index is 0.0307. The highest BCUT2D eigenvalue weighted by Gasteiger charge is 2.36. The fourth-order valence-corrected chi connectivity index (χ4v) is 4.21. The quantitative estimate of drug-likeness (QED) is 0.800. The topological polar surface area (TPSA) is 78.8 Å². The molecule has 1 aromatic rings. The van der Waals surface area contributed by atoms with Gasteiger partial charge in [0.2, 0.25) is 11.8 Å². The summed E-state index contributed by atoms with van der Waals surface area (Å²) in [7, 11) is 0. The molecule has 2 aliphatic heterocycles. The summed E-state index contributed by atoms with van der Waals surface area (Å²) >= 11 is 0. The first kappa shape index (κ1) is 21.0. The third-order valence-corrected chi connectivity index (χ3v) is 5.91. The van der Waals surface area contributed by atoms with Gasteiger partial charge in [0.05, 0.1) is 11.6 Å². The molecule has 1 saturated heterocycles. The zero-order valence-electron chi connectivity index (χ0n) is 18.3. The van der Waals surface area contributed by atoms with Crippen molar-refractivity contribution >= 4 is 29.1 Å². The Hall–Kier alpha value is -3.28. The van der Waals surface area contributed by atoms with Crippen LogP contribution < -0.4 is 10.2 Å². The van der Waals surface area contributed by atoms with Crippen LogP contribution in [0, 0.1) is 24.2 Å². The number of aryl methyl sites for hydroxylation is 1. The zero-order chi connectivity index (χ0) is 22.3. The molecule has 1 aromatic carbocycles. The summed E-state index contributed by atoms with van der Waals surface area (Å²) in [6.45, 7) is 8.55. The summed E-state index contributed by atoms with van der Waals surface area (Å²) in [5, 5.41) is 2.87. The Kier molecular flexibility index (Phi) is 5.25. The Bertz CT molecular complexity index is 1070. The number of benzene rings is 1. The Morgan fingerprint density at radius 1 is 1.13 bits per heavy atom. The van der Waals surface area contributed by atoms with Crippen molar-refractivity contribution in [2.75, 3.05) is 11.4 Å². The standard InChI is InChI=1S/C25H27N3O3/c1-15-5-8-18(9-6-15)28-14-16(11-23(28)30)24(31)26-17-7-10-19-20(25(2,3)4)13-22(29)27-21(19)12-17/h5-10,12-13,16,19H,11,14H2,1-4H3,(H,27,29). The summed E-state index contributed by atoms with van der Waals surface area (Å²) in [6.07, 6.45) is 7.35. The average Bonchev–Trinajstić information content (AvgIpc) is 3.09. The molecule has 6 nitrogen and oxygen atoms in total.